The molecule has 0 spiro atoms. The quantitative estimate of drug-likeness (QED) is 0.812. The zero-order valence-electron chi connectivity index (χ0n) is 7.87. The molecule has 1 aromatic carbocycles. The van der Waals surface area contributed by atoms with E-state index >= 15 is 0 Å². The summed E-state index contributed by atoms with van der Waals surface area (Å²) in [5, 5.41) is 0. The van der Waals surface area contributed by atoms with Crippen molar-refractivity contribution in [2.45, 2.75) is 0 Å². The van der Waals surface area contributed by atoms with Gasteiger partial charge in [-0.1, -0.05) is 15.9 Å². The van der Waals surface area contributed by atoms with Crippen molar-refractivity contribution in [2.75, 3.05) is 18.0 Å². The monoisotopic (exact) mass is 268 g/mol. The number of rotatable bonds is 2. The van der Waals surface area contributed by atoms with Gasteiger partial charge in [-0.3, -0.25) is 9.59 Å². The van der Waals surface area contributed by atoms with Crippen LogP contribution in [0.2, 0.25) is 0 Å². The Morgan fingerprint density at radius 3 is 2.73 bits per heavy atom. The highest BCUT2D eigenvalue weighted by molar-refractivity contribution is 9.10. The van der Waals surface area contributed by atoms with Crippen LogP contribution in [0.15, 0.2) is 22.7 Å². The van der Waals surface area contributed by atoms with Gasteiger partial charge < -0.3 is 10.6 Å². The fourth-order valence-electron chi connectivity index (χ4n) is 1.62. The third kappa shape index (κ3) is 1.57. The minimum Gasteiger partial charge on any atom is -0.329 e. The summed E-state index contributed by atoms with van der Waals surface area (Å²) in [7, 11) is 0. The molecule has 0 aromatic heterocycles. The van der Waals surface area contributed by atoms with Crippen LogP contribution in [0.25, 0.3) is 0 Å². The van der Waals surface area contributed by atoms with Crippen LogP contribution >= 0.6 is 15.9 Å². The van der Waals surface area contributed by atoms with Crippen LogP contribution in [0.5, 0.6) is 0 Å². The number of anilines is 1. The molecular formula is C10H9BrN2O2. The average Bonchev–Trinajstić information content (AvgIpc) is 2.44. The molecule has 1 heterocycles. The lowest BCUT2D eigenvalue weighted by molar-refractivity contribution is -0.114. The fraction of sp³-hybridized carbons (Fsp3) is 0.200. The van der Waals surface area contributed by atoms with Crippen LogP contribution in [0.1, 0.15) is 10.4 Å². The van der Waals surface area contributed by atoms with E-state index < -0.39 is 11.7 Å². The molecule has 0 atom stereocenters. The maximum Gasteiger partial charge on any atom is 0.299 e. The summed E-state index contributed by atoms with van der Waals surface area (Å²) in [5.74, 6) is -0.951. The zero-order chi connectivity index (χ0) is 11.0. The van der Waals surface area contributed by atoms with E-state index in [1.54, 1.807) is 18.2 Å². The van der Waals surface area contributed by atoms with Gasteiger partial charge in [0.15, 0.2) is 0 Å². The summed E-state index contributed by atoms with van der Waals surface area (Å²) in [6.45, 7) is 0.716. The Hall–Kier alpha value is -1.20. The summed E-state index contributed by atoms with van der Waals surface area (Å²) in [5.41, 5.74) is 6.49. The molecule has 2 N–H and O–H groups in total. The number of benzene rings is 1. The lowest BCUT2D eigenvalue weighted by atomic mass is 10.1. The van der Waals surface area contributed by atoms with Crippen LogP contribution in [0.3, 0.4) is 0 Å². The Labute approximate surface area is 95.2 Å². The molecule has 0 saturated heterocycles. The number of halogens is 1. The molecule has 0 aliphatic carbocycles. The van der Waals surface area contributed by atoms with Crippen molar-refractivity contribution >= 4 is 33.3 Å². The highest BCUT2D eigenvalue weighted by Gasteiger charge is 2.35. The van der Waals surface area contributed by atoms with Crippen molar-refractivity contribution in [3.8, 4) is 0 Å². The summed E-state index contributed by atoms with van der Waals surface area (Å²) >= 11 is 3.26. The molecule has 0 bridgehead atoms. The Kier molecular flexibility index (Phi) is 2.58. The molecule has 1 aromatic rings. The average molecular weight is 269 g/mol. The molecule has 78 valence electrons. The number of ketones is 1. The molecule has 1 amide bonds. The van der Waals surface area contributed by atoms with E-state index in [1.807, 2.05) is 0 Å². The van der Waals surface area contributed by atoms with Crippen molar-refractivity contribution in [2.24, 2.45) is 5.73 Å². The van der Waals surface area contributed by atoms with Crippen LogP contribution < -0.4 is 10.6 Å². The first-order valence-corrected chi connectivity index (χ1v) is 5.30. The SMILES string of the molecule is NCCN1C(=O)C(=O)c2cc(Br)ccc21. The molecule has 1 aliphatic rings. The van der Waals surface area contributed by atoms with Gasteiger partial charge in [-0.25, -0.2) is 0 Å². The normalized spacial score (nSPS) is 14.7. The second kappa shape index (κ2) is 3.75. The predicted molar refractivity (Wildman–Crippen MR) is 59.9 cm³/mol. The number of Topliss-reactive ketones (excluding diaryl/α,β-unsaturated/α-hetero) is 1. The maximum absolute atomic E-state index is 11.6. The highest BCUT2D eigenvalue weighted by atomic mass is 79.9. The highest BCUT2D eigenvalue weighted by Crippen LogP contribution is 2.30. The number of nitrogens with two attached hydrogens (primary N) is 1. The molecule has 1 aliphatic heterocycles. The molecule has 0 saturated carbocycles. The standard InChI is InChI=1S/C10H9BrN2O2/c11-6-1-2-8-7(5-6)9(14)10(15)13(8)4-3-12/h1-2,5H,3-4,12H2. The van der Waals surface area contributed by atoms with Gasteiger partial charge in [0, 0.05) is 17.6 Å². The number of fused-ring (bicyclic) bond motifs is 1. The van der Waals surface area contributed by atoms with Crippen LogP contribution in [-0.4, -0.2) is 24.8 Å². The van der Waals surface area contributed by atoms with Crippen molar-refractivity contribution in [3.05, 3.63) is 28.2 Å². The van der Waals surface area contributed by atoms with Crippen molar-refractivity contribution in [1.82, 2.24) is 0 Å². The van der Waals surface area contributed by atoms with E-state index in [0.717, 1.165) is 4.47 Å². The van der Waals surface area contributed by atoms with Gasteiger partial charge in [-0.2, -0.15) is 0 Å². The first kappa shape index (κ1) is 10.3. The predicted octanol–water partition coefficient (Wildman–Crippen LogP) is 0.937. The van der Waals surface area contributed by atoms with Gasteiger partial charge in [-0.15, -0.1) is 0 Å². The number of amides is 1. The van der Waals surface area contributed by atoms with E-state index in [-0.39, 0.29) is 0 Å². The Morgan fingerprint density at radius 2 is 2.07 bits per heavy atom. The second-order valence-corrected chi connectivity index (χ2v) is 4.15. The van der Waals surface area contributed by atoms with Crippen molar-refractivity contribution in [3.63, 3.8) is 0 Å². The van der Waals surface area contributed by atoms with E-state index in [1.165, 1.54) is 4.90 Å². The third-order valence-electron chi connectivity index (χ3n) is 2.29. The largest absolute Gasteiger partial charge is 0.329 e. The summed E-state index contributed by atoms with van der Waals surface area (Å²) < 4.78 is 0.789. The first-order chi connectivity index (χ1) is 7.15. The smallest absolute Gasteiger partial charge is 0.299 e. The van der Waals surface area contributed by atoms with Gasteiger partial charge in [0.05, 0.1) is 11.3 Å². The number of carbonyl (C=O) groups is 2. The third-order valence-corrected chi connectivity index (χ3v) is 2.78. The van der Waals surface area contributed by atoms with E-state index in [0.29, 0.717) is 24.3 Å². The van der Waals surface area contributed by atoms with E-state index in [4.69, 9.17) is 5.73 Å². The number of hydrogen-bond acceptors (Lipinski definition) is 3. The van der Waals surface area contributed by atoms with Gasteiger partial charge in [0.1, 0.15) is 0 Å². The number of nitrogens with zero attached hydrogens (tertiary/aromatic N) is 1. The van der Waals surface area contributed by atoms with Gasteiger partial charge in [0.2, 0.25) is 0 Å². The second-order valence-electron chi connectivity index (χ2n) is 3.24. The Morgan fingerprint density at radius 1 is 1.33 bits per heavy atom. The van der Waals surface area contributed by atoms with Gasteiger partial charge in [0.25, 0.3) is 11.7 Å². The minimum atomic E-state index is -0.492. The van der Waals surface area contributed by atoms with Crippen molar-refractivity contribution < 1.29 is 9.59 Å². The fourth-order valence-corrected chi connectivity index (χ4v) is 1.98. The molecule has 0 fully saturated rings. The molecule has 4 nitrogen and oxygen atoms in total. The number of hydrogen-bond donors (Lipinski definition) is 1. The molecular weight excluding hydrogens is 260 g/mol. The number of carbonyl (C=O) groups excluding carboxylic acids is 2. The Bertz CT molecular complexity index is 445. The maximum atomic E-state index is 11.6. The van der Waals surface area contributed by atoms with Crippen LogP contribution in [0, 0.1) is 0 Å². The van der Waals surface area contributed by atoms with Crippen molar-refractivity contribution in [1.29, 1.82) is 0 Å². The molecule has 0 radical (unpaired) electrons. The summed E-state index contributed by atoms with van der Waals surface area (Å²) in [4.78, 5) is 24.6. The van der Waals surface area contributed by atoms with Gasteiger partial charge in [-0.05, 0) is 18.2 Å². The van der Waals surface area contributed by atoms with Crippen LogP contribution in [0.4, 0.5) is 5.69 Å². The lowest BCUT2D eigenvalue weighted by Crippen LogP contribution is -2.34. The minimum absolute atomic E-state index is 0.342. The lowest BCUT2D eigenvalue weighted by Gasteiger charge is -2.14. The summed E-state index contributed by atoms with van der Waals surface area (Å²) in [6.07, 6.45) is 0. The van der Waals surface area contributed by atoms with Crippen LogP contribution in [-0.2, 0) is 4.79 Å². The Balaban J connectivity index is 2.50. The molecule has 5 heteroatoms. The first-order valence-electron chi connectivity index (χ1n) is 4.51. The van der Waals surface area contributed by atoms with E-state index in [9.17, 15) is 9.59 Å². The zero-order valence-corrected chi connectivity index (χ0v) is 9.45. The summed E-state index contributed by atoms with van der Waals surface area (Å²) in [6, 6.07) is 5.21. The van der Waals surface area contributed by atoms with Gasteiger partial charge >= 0.3 is 0 Å². The molecule has 15 heavy (non-hydrogen) atoms. The molecule has 2 rings (SSSR count). The molecule has 0 unspecified atom stereocenters. The topological polar surface area (TPSA) is 63.4 Å². The van der Waals surface area contributed by atoms with E-state index in [2.05, 4.69) is 15.9 Å².